The lowest BCUT2D eigenvalue weighted by atomic mass is 10.1. The lowest BCUT2D eigenvalue weighted by molar-refractivity contribution is 0.558. The average molecular weight is 368 g/mol. The van der Waals surface area contributed by atoms with Crippen molar-refractivity contribution >= 4 is 31.9 Å². The molecule has 0 aromatic carbocycles. The molecule has 0 spiro atoms. The van der Waals surface area contributed by atoms with Crippen LogP contribution in [-0.2, 0) is 0 Å². The molecule has 0 saturated carbocycles. The van der Waals surface area contributed by atoms with E-state index >= 15 is 0 Å². The molecule has 0 rings (SSSR count). The lowest BCUT2D eigenvalue weighted by Crippen LogP contribution is -1.82. The minimum atomic E-state index is 1.00. The third-order valence-electron chi connectivity index (χ3n) is 3.01. The molecule has 0 radical (unpaired) electrons. The number of hydrogen-bond acceptors (Lipinski definition) is 0. The summed E-state index contributed by atoms with van der Waals surface area (Å²) in [6.45, 7) is 0. The maximum atomic E-state index is 3.48. The molecule has 0 atom stereocenters. The van der Waals surface area contributed by atoms with Gasteiger partial charge in [0.1, 0.15) is 0 Å². The SMILES string of the molecule is BrCC=CCCCCCCCCCCCCBr. The van der Waals surface area contributed by atoms with Crippen LogP contribution in [0, 0.1) is 0 Å². The Hall–Kier alpha value is 0.700. The van der Waals surface area contributed by atoms with Crippen molar-refractivity contribution in [3.05, 3.63) is 12.2 Å². The molecule has 0 unspecified atom stereocenters. The highest BCUT2D eigenvalue weighted by atomic mass is 79.9. The number of allylic oxidation sites excluding steroid dienone is 2. The first kappa shape index (κ1) is 17.7. The molecule has 0 aromatic heterocycles. The molecule has 0 aliphatic carbocycles. The fraction of sp³-hybridized carbons (Fsp3) is 0.867. The molecule has 0 aliphatic rings. The molecule has 0 nitrogen and oxygen atoms in total. The summed E-state index contributed by atoms with van der Waals surface area (Å²) in [5.41, 5.74) is 0. The fourth-order valence-electron chi connectivity index (χ4n) is 1.95. The van der Waals surface area contributed by atoms with Crippen LogP contribution in [0.15, 0.2) is 12.2 Å². The number of hydrogen-bond donors (Lipinski definition) is 0. The van der Waals surface area contributed by atoms with Gasteiger partial charge in [0, 0.05) is 10.7 Å². The van der Waals surface area contributed by atoms with Crippen LogP contribution < -0.4 is 0 Å². The van der Waals surface area contributed by atoms with Crippen LogP contribution in [0.4, 0.5) is 0 Å². The summed E-state index contributed by atoms with van der Waals surface area (Å²) in [6.07, 6.45) is 20.0. The Balaban J connectivity index is 2.91. The van der Waals surface area contributed by atoms with Gasteiger partial charge in [0.25, 0.3) is 0 Å². The van der Waals surface area contributed by atoms with Crippen LogP contribution in [-0.4, -0.2) is 10.7 Å². The summed E-state index contributed by atoms with van der Waals surface area (Å²) in [6, 6.07) is 0. The van der Waals surface area contributed by atoms with Crippen molar-refractivity contribution in [3.63, 3.8) is 0 Å². The Morgan fingerprint density at radius 1 is 0.529 bits per heavy atom. The minimum Gasteiger partial charge on any atom is -0.0928 e. The van der Waals surface area contributed by atoms with Crippen LogP contribution in [0.3, 0.4) is 0 Å². The molecule has 0 saturated heterocycles. The van der Waals surface area contributed by atoms with Crippen molar-refractivity contribution in [1.29, 1.82) is 0 Å². The van der Waals surface area contributed by atoms with E-state index in [2.05, 4.69) is 44.0 Å². The van der Waals surface area contributed by atoms with E-state index in [0.29, 0.717) is 0 Å². The molecular weight excluding hydrogens is 340 g/mol. The first-order chi connectivity index (χ1) is 8.41. The Labute approximate surface area is 125 Å². The zero-order valence-electron chi connectivity index (χ0n) is 11.1. The molecule has 0 aromatic rings. The van der Waals surface area contributed by atoms with E-state index in [1.54, 1.807) is 0 Å². The summed E-state index contributed by atoms with van der Waals surface area (Å²) < 4.78 is 0. The maximum Gasteiger partial charge on any atom is 0.0212 e. The monoisotopic (exact) mass is 366 g/mol. The number of halogens is 2. The fourth-order valence-corrected chi connectivity index (χ4v) is 2.61. The van der Waals surface area contributed by atoms with Gasteiger partial charge < -0.3 is 0 Å². The average Bonchev–Trinajstić information content (AvgIpc) is 2.35. The van der Waals surface area contributed by atoms with Crippen LogP contribution in [0.1, 0.15) is 70.6 Å². The maximum absolute atomic E-state index is 3.48. The molecule has 2 heteroatoms. The van der Waals surface area contributed by atoms with Crippen molar-refractivity contribution in [1.82, 2.24) is 0 Å². The first-order valence-corrected chi connectivity index (χ1v) is 9.43. The largest absolute Gasteiger partial charge is 0.0928 e. The third-order valence-corrected chi connectivity index (χ3v) is 3.94. The topological polar surface area (TPSA) is 0 Å². The van der Waals surface area contributed by atoms with Gasteiger partial charge in [-0.15, -0.1) is 0 Å². The Kier molecular flexibility index (Phi) is 17.4. The second-order valence-corrected chi connectivity index (χ2v) is 6.08. The van der Waals surface area contributed by atoms with Gasteiger partial charge in [0.15, 0.2) is 0 Å². The van der Waals surface area contributed by atoms with E-state index in [1.165, 1.54) is 76.0 Å². The molecule has 0 fully saturated rings. The van der Waals surface area contributed by atoms with Crippen LogP contribution in [0.2, 0.25) is 0 Å². The minimum absolute atomic E-state index is 1.00. The van der Waals surface area contributed by atoms with Gasteiger partial charge >= 0.3 is 0 Å². The van der Waals surface area contributed by atoms with Crippen molar-refractivity contribution in [2.45, 2.75) is 70.6 Å². The number of alkyl halides is 2. The van der Waals surface area contributed by atoms with E-state index in [0.717, 1.165) is 5.33 Å². The predicted molar refractivity (Wildman–Crippen MR) is 87.5 cm³/mol. The molecule has 17 heavy (non-hydrogen) atoms. The quantitative estimate of drug-likeness (QED) is 0.195. The Morgan fingerprint density at radius 3 is 1.47 bits per heavy atom. The third kappa shape index (κ3) is 16.7. The summed E-state index contributed by atoms with van der Waals surface area (Å²) in [5, 5.41) is 2.18. The van der Waals surface area contributed by atoms with Gasteiger partial charge in [-0.25, -0.2) is 0 Å². The molecule has 0 heterocycles. The predicted octanol–water partition coefficient (Wildman–Crippen LogP) is 6.62. The summed E-state index contributed by atoms with van der Waals surface area (Å²) in [4.78, 5) is 0. The van der Waals surface area contributed by atoms with Crippen molar-refractivity contribution in [3.8, 4) is 0 Å². The highest BCUT2D eigenvalue weighted by Gasteiger charge is 1.92. The van der Waals surface area contributed by atoms with Crippen LogP contribution in [0.25, 0.3) is 0 Å². The summed E-state index contributed by atoms with van der Waals surface area (Å²) in [7, 11) is 0. The van der Waals surface area contributed by atoms with Gasteiger partial charge in [0.2, 0.25) is 0 Å². The van der Waals surface area contributed by atoms with Gasteiger partial charge in [-0.1, -0.05) is 95.4 Å². The zero-order chi connectivity index (χ0) is 12.6. The first-order valence-electron chi connectivity index (χ1n) is 7.18. The highest BCUT2D eigenvalue weighted by Crippen LogP contribution is 2.11. The molecule has 0 N–H and O–H groups in total. The highest BCUT2D eigenvalue weighted by molar-refractivity contribution is 9.09. The van der Waals surface area contributed by atoms with E-state index in [4.69, 9.17) is 0 Å². The van der Waals surface area contributed by atoms with E-state index < -0.39 is 0 Å². The standard InChI is InChI=1S/C15H28Br2/c16-14-12-10-8-6-4-2-1-3-5-7-9-11-13-15-17/h10,12H,1-9,11,13-15H2. The van der Waals surface area contributed by atoms with Gasteiger partial charge in [-0.05, 0) is 19.3 Å². The van der Waals surface area contributed by atoms with E-state index in [1.807, 2.05) is 0 Å². The van der Waals surface area contributed by atoms with Crippen molar-refractivity contribution in [2.24, 2.45) is 0 Å². The molecule has 0 amide bonds. The smallest absolute Gasteiger partial charge is 0.0212 e. The second kappa shape index (κ2) is 16.7. The lowest BCUT2D eigenvalue weighted by Gasteiger charge is -2.01. The van der Waals surface area contributed by atoms with E-state index in [9.17, 15) is 0 Å². The van der Waals surface area contributed by atoms with Crippen molar-refractivity contribution < 1.29 is 0 Å². The van der Waals surface area contributed by atoms with E-state index in [-0.39, 0.29) is 0 Å². The van der Waals surface area contributed by atoms with Gasteiger partial charge in [0.05, 0.1) is 0 Å². The molecule has 0 bridgehead atoms. The molecule has 0 aliphatic heterocycles. The van der Waals surface area contributed by atoms with Crippen LogP contribution in [0.5, 0.6) is 0 Å². The zero-order valence-corrected chi connectivity index (χ0v) is 14.3. The number of unbranched alkanes of at least 4 members (excludes halogenated alkanes) is 10. The second-order valence-electron chi connectivity index (χ2n) is 4.64. The van der Waals surface area contributed by atoms with Crippen molar-refractivity contribution in [2.75, 3.05) is 10.7 Å². The van der Waals surface area contributed by atoms with Crippen LogP contribution >= 0.6 is 31.9 Å². The summed E-state index contributed by atoms with van der Waals surface area (Å²) in [5.74, 6) is 0. The molecule has 102 valence electrons. The Morgan fingerprint density at radius 2 is 1.00 bits per heavy atom. The van der Waals surface area contributed by atoms with Gasteiger partial charge in [-0.3, -0.25) is 0 Å². The number of rotatable bonds is 13. The Bertz CT molecular complexity index is 155. The molecular formula is C15H28Br2. The van der Waals surface area contributed by atoms with Gasteiger partial charge in [-0.2, -0.15) is 0 Å². The normalized spacial score (nSPS) is 11.4. The summed E-state index contributed by atoms with van der Waals surface area (Å²) >= 11 is 6.87.